The third-order valence-electron chi connectivity index (χ3n) is 2.84. The highest BCUT2D eigenvalue weighted by atomic mass is 28.4. The van der Waals surface area contributed by atoms with Gasteiger partial charge in [0.25, 0.3) is 0 Å². The molecule has 0 N–H and O–H groups in total. The van der Waals surface area contributed by atoms with E-state index in [0.717, 1.165) is 31.7 Å². The molecule has 0 aliphatic heterocycles. The minimum absolute atomic E-state index is 0.0207. The van der Waals surface area contributed by atoms with Crippen LogP contribution >= 0.6 is 0 Å². The molecule has 0 bridgehead atoms. The van der Waals surface area contributed by atoms with Crippen molar-refractivity contribution < 1.29 is 22.1 Å². The van der Waals surface area contributed by atoms with Gasteiger partial charge in [0.05, 0.1) is 0 Å². The molecule has 17 heavy (non-hydrogen) atoms. The predicted molar refractivity (Wildman–Crippen MR) is 65.3 cm³/mol. The lowest BCUT2D eigenvalue weighted by molar-refractivity contribution is 0.122. The van der Waals surface area contributed by atoms with E-state index in [1.165, 1.54) is 0 Å². The molecule has 0 aliphatic rings. The molecule has 0 aromatic heterocycles. The highest BCUT2D eigenvalue weighted by molar-refractivity contribution is 6.60. The molecule has 0 amide bonds. The summed E-state index contributed by atoms with van der Waals surface area (Å²) in [6, 6.07) is 0.783. The zero-order valence-electron chi connectivity index (χ0n) is 11.0. The van der Waals surface area contributed by atoms with E-state index in [4.69, 9.17) is 13.3 Å². The van der Waals surface area contributed by atoms with E-state index in [-0.39, 0.29) is 6.42 Å². The third kappa shape index (κ3) is 7.80. The second kappa shape index (κ2) is 9.93. The van der Waals surface area contributed by atoms with Gasteiger partial charge >= 0.3 is 8.80 Å². The van der Waals surface area contributed by atoms with Crippen molar-refractivity contribution >= 4 is 8.80 Å². The van der Waals surface area contributed by atoms with Crippen LogP contribution in [0, 0.1) is 0 Å². The number of halogens is 2. The van der Waals surface area contributed by atoms with Gasteiger partial charge in [0.2, 0.25) is 6.43 Å². The Hall–Kier alpha value is -0.0431. The maximum absolute atomic E-state index is 11.9. The van der Waals surface area contributed by atoms with Crippen LogP contribution < -0.4 is 0 Å². The van der Waals surface area contributed by atoms with Crippen molar-refractivity contribution in [3.8, 4) is 0 Å². The highest BCUT2D eigenvalue weighted by Gasteiger charge is 2.36. The molecule has 104 valence electrons. The van der Waals surface area contributed by atoms with E-state index in [9.17, 15) is 8.78 Å². The van der Waals surface area contributed by atoms with Gasteiger partial charge < -0.3 is 13.3 Å². The molecule has 3 nitrogen and oxygen atoms in total. The third-order valence-corrected chi connectivity index (χ3v) is 5.67. The Labute approximate surface area is 104 Å². The van der Waals surface area contributed by atoms with Crippen LogP contribution in [0.5, 0.6) is 0 Å². The first-order chi connectivity index (χ1) is 8.10. The zero-order chi connectivity index (χ0) is 13.1. The van der Waals surface area contributed by atoms with Gasteiger partial charge in [0.15, 0.2) is 0 Å². The van der Waals surface area contributed by atoms with E-state index < -0.39 is 15.2 Å². The van der Waals surface area contributed by atoms with Crippen molar-refractivity contribution in [3.63, 3.8) is 0 Å². The maximum Gasteiger partial charge on any atom is 0.500 e. The van der Waals surface area contributed by atoms with Gasteiger partial charge in [0.1, 0.15) is 0 Å². The van der Waals surface area contributed by atoms with Gasteiger partial charge in [-0.2, -0.15) is 0 Å². The van der Waals surface area contributed by atoms with E-state index in [1.54, 1.807) is 21.3 Å². The Kier molecular flexibility index (Phi) is 9.91. The molecule has 0 heterocycles. The fourth-order valence-corrected chi connectivity index (χ4v) is 3.52. The molecule has 0 saturated heterocycles. The Morgan fingerprint density at radius 2 is 1.29 bits per heavy atom. The van der Waals surface area contributed by atoms with Crippen LogP contribution in [0.4, 0.5) is 8.78 Å². The second-order valence-electron chi connectivity index (χ2n) is 3.99. The summed E-state index contributed by atoms with van der Waals surface area (Å²) in [5, 5.41) is 0. The molecule has 0 saturated carbocycles. The smallest absolute Gasteiger partial charge is 0.377 e. The van der Waals surface area contributed by atoms with Gasteiger partial charge in [-0.05, 0) is 12.8 Å². The molecule has 0 aliphatic carbocycles. The Balaban J connectivity index is 3.49. The van der Waals surface area contributed by atoms with Gasteiger partial charge in [0, 0.05) is 33.8 Å². The molecule has 0 unspecified atom stereocenters. The fraction of sp³-hybridized carbons (Fsp3) is 1.00. The van der Waals surface area contributed by atoms with Crippen LogP contribution in [0.15, 0.2) is 0 Å². The molecule has 0 rings (SSSR count). The van der Waals surface area contributed by atoms with Gasteiger partial charge in [-0.3, -0.25) is 0 Å². The highest BCUT2D eigenvalue weighted by Crippen LogP contribution is 2.18. The average molecular weight is 270 g/mol. The summed E-state index contributed by atoms with van der Waals surface area (Å²) in [6.45, 7) is 0. The SMILES string of the molecule is CO[Si](CCCCCCCC(F)F)(OC)OC. The summed E-state index contributed by atoms with van der Waals surface area (Å²) in [5.74, 6) is 0. The molecule has 0 atom stereocenters. The number of rotatable bonds is 11. The van der Waals surface area contributed by atoms with Crippen molar-refractivity contribution in [3.05, 3.63) is 0 Å². The first-order valence-corrected chi connectivity index (χ1v) is 7.97. The number of hydrogen-bond donors (Lipinski definition) is 0. The first kappa shape index (κ1) is 17.0. The van der Waals surface area contributed by atoms with Gasteiger partial charge in [-0.1, -0.05) is 19.3 Å². The van der Waals surface area contributed by atoms with Crippen LogP contribution in [-0.2, 0) is 13.3 Å². The second-order valence-corrected chi connectivity index (χ2v) is 7.08. The molecule has 0 aromatic rings. The lowest BCUT2D eigenvalue weighted by Crippen LogP contribution is -2.42. The van der Waals surface area contributed by atoms with Crippen molar-refractivity contribution in [2.45, 2.75) is 51.0 Å². The minimum Gasteiger partial charge on any atom is -0.377 e. The lowest BCUT2D eigenvalue weighted by atomic mass is 10.1. The minimum atomic E-state index is -2.42. The molecular weight excluding hydrogens is 246 g/mol. The first-order valence-electron chi connectivity index (χ1n) is 6.04. The summed E-state index contributed by atoms with van der Waals surface area (Å²) >= 11 is 0. The summed E-state index contributed by atoms with van der Waals surface area (Å²) in [6.07, 6.45) is 2.28. The number of unbranched alkanes of at least 4 members (excludes halogenated alkanes) is 4. The number of hydrogen-bond acceptors (Lipinski definition) is 3. The summed E-state index contributed by atoms with van der Waals surface area (Å²) < 4.78 is 39.6. The van der Waals surface area contributed by atoms with Crippen molar-refractivity contribution in [2.75, 3.05) is 21.3 Å². The number of alkyl halides is 2. The van der Waals surface area contributed by atoms with E-state index in [0.29, 0.717) is 6.42 Å². The van der Waals surface area contributed by atoms with Crippen molar-refractivity contribution in [2.24, 2.45) is 0 Å². The Morgan fingerprint density at radius 1 is 0.824 bits per heavy atom. The largest absolute Gasteiger partial charge is 0.500 e. The van der Waals surface area contributed by atoms with Crippen LogP contribution in [0.25, 0.3) is 0 Å². The van der Waals surface area contributed by atoms with Crippen LogP contribution in [0.3, 0.4) is 0 Å². The summed E-state index contributed by atoms with van der Waals surface area (Å²) in [4.78, 5) is 0. The van der Waals surface area contributed by atoms with Crippen molar-refractivity contribution in [1.82, 2.24) is 0 Å². The molecule has 0 radical (unpaired) electrons. The molecule has 6 heteroatoms. The topological polar surface area (TPSA) is 27.7 Å². The average Bonchev–Trinajstić information content (AvgIpc) is 2.33. The molecule has 0 spiro atoms. The summed E-state index contributed by atoms with van der Waals surface area (Å²) in [5.41, 5.74) is 0. The monoisotopic (exact) mass is 270 g/mol. The lowest BCUT2D eigenvalue weighted by Gasteiger charge is -2.24. The van der Waals surface area contributed by atoms with Crippen LogP contribution in [0.1, 0.15) is 38.5 Å². The van der Waals surface area contributed by atoms with Gasteiger partial charge in [-0.15, -0.1) is 0 Å². The predicted octanol–water partition coefficient (Wildman–Crippen LogP) is 3.47. The quantitative estimate of drug-likeness (QED) is 0.425. The Morgan fingerprint density at radius 3 is 1.76 bits per heavy atom. The maximum atomic E-state index is 11.9. The standard InChI is InChI=1S/C11H24F2O3Si/c1-14-17(15-2,16-3)10-8-6-4-5-7-9-11(12)13/h11H,4-10H2,1-3H3. The zero-order valence-corrected chi connectivity index (χ0v) is 12.0. The fourth-order valence-electron chi connectivity index (χ4n) is 1.73. The van der Waals surface area contributed by atoms with Crippen LogP contribution in [-0.4, -0.2) is 36.6 Å². The van der Waals surface area contributed by atoms with Gasteiger partial charge in [-0.25, -0.2) is 8.78 Å². The van der Waals surface area contributed by atoms with E-state index in [1.807, 2.05) is 0 Å². The van der Waals surface area contributed by atoms with E-state index in [2.05, 4.69) is 0 Å². The van der Waals surface area contributed by atoms with Crippen molar-refractivity contribution in [1.29, 1.82) is 0 Å². The van der Waals surface area contributed by atoms with E-state index >= 15 is 0 Å². The summed E-state index contributed by atoms with van der Waals surface area (Å²) in [7, 11) is 2.37. The normalized spacial score (nSPS) is 12.4. The van der Waals surface area contributed by atoms with Crippen LogP contribution in [0.2, 0.25) is 6.04 Å². The Bertz CT molecular complexity index is 170. The molecule has 0 fully saturated rings. The molecule has 0 aromatic carbocycles. The molecular formula is C11H24F2O3Si.